The van der Waals surface area contributed by atoms with Crippen molar-refractivity contribution in [3.63, 3.8) is 0 Å². The molecule has 1 unspecified atom stereocenters. The largest absolute Gasteiger partial charge is 0.352 e. The lowest BCUT2D eigenvalue weighted by Crippen LogP contribution is -2.27. The minimum Gasteiger partial charge on any atom is -0.352 e. The van der Waals surface area contributed by atoms with Crippen molar-refractivity contribution in [2.75, 3.05) is 11.9 Å². The fraction of sp³-hybridized carbons (Fsp3) is 0.375. The molecule has 1 atom stereocenters. The van der Waals surface area contributed by atoms with Crippen LogP contribution >= 0.6 is 11.3 Å². The monoisotopic (exact) mass is 337 g/mol. The molecule has 1 aliphatic rings. The van der Waals surface area contributed by atoms with E-state index in [2.05, 4.69) is 15.6 Å². The second kappa shape index (κ2) is 5.56. The molecule has 2 aromatic rings. The molecule has 0 spiro atoms. The zero-order chi connectivity index (χ0) is 16.7. The Morgan fingerprint density at radius 2 is 2.13 bits per heavy atom. The summed E-state index contributed by atoms with van der Waals surface area (Å²) in [7, 11) is 0. The normalized spacial score (nSPS) is 20.8. The molecule has 4 nitrogen and oxygen atoms in total. The van der Waals surface area contributed by atoms with Gasteiger partial charge in [0.05, 0.1) is 5.92 Å². The number of aromatic nitrogens is 1. The third-order valence-corrected chi connectivity index (χ3v) is 5.05. The maximum Gasteiger partial charge on any atom is 0.258 e. The minimum absolute atomic E-state index is 0.0248. The Morgan fingerprint density at radius 3 is 2.74 bits per heavy atom. The smallest absolute Gasteiger partial charge is 0.258 e. The molecule has 1 aromatic carbocycles. The Hall–Kier alpha value is -2.02. The third kappa shape index (κ3) is 2.93. The summed E-state index contributed by atoms with van der Waals surface area (Å²) in [6.07, 6.45) is 1.68. The first-order chi connectivity index (χ1) is 10.8. The van der Waals surface area contributed by atoms with E-state index in [9.17, 15) is 13.6 Å². The molecule has 0 bridgehead atoms. The lowest BCUT2D eigenvalue weighted by molar-refractivity contribution is 0.0661. The van der Waals surface area contributed by atoms with Gasteiger partial charge in [-0.3, -0.25) is 4.79 Å². The van der Waals surface area contributed by atoms with E-state index >= 15 is 0 Å². The van der Waals surface area contributed by atoms with Gasteiger partial charge < -0.3 is 10.6 Å². The fourth-order valence-corrected chi connectivity index (χ4v) is 3.13. The molecule has 3 rings (SSSR count). The minimum atomic E-state index is -2.71. The predicted octanol–water partition coefficient (Wildman–Crippen LogP) is 3.91. The SMILES string of the molecule is CC1(C)C(CNC(=O)c2cccc(Nc3nccs3)c2)C1(F)F. The van der Waals surface area contributed by atoms with Crippen molar-refractivity contribution in [3.05, 3.63) is 41.4 Å². The van der Waals surface area contributed by atoms with Crippen LogP contribution in [0.5, 0.6) is 0 Å². The summed E-state index contributed by atoms with van der Waals surface area (Å²) in [6, 6.07) is 6.88. The van der Waals surface area contributed by atoms with Crippen LogP contribution in [0.2, 0.25) is 0 Å². The molecule has 1 aliphatic carbocycles. The van der Waals surface area contributed by atoms with Crippen molar-refractivity contribution in [3.8, 4) is 0 Å². The van der Waals surface area contributed by atoms with E-state index in [1.807, 2.05) is 11.4 Å². The average molecular weight is 337 g/mol. The van der Waals surface area contributed by atoms with Crippen LogP contribution in [0.1, 0.15) is 24.2 Å². The van der Waals surface area contributed by atoms with E-state index in [-0.39, 0.29) is 12.5 Å². The van der Waals surface area contributed by atoms with Crippen LogP contribution in [0.3, 0.4) is 0 Å². The number of halogens is 2. The fourth-order valence-electron chi connectivity index (χ4n) is 2.58. The van der Waals surface area contributed by atoms with Gasteiger partial charge in [0.25, 0.3) is 11.8 Å². The van der Waals surface area contributed by atoms with Crippen LogP contribution in [0.4, 0.5) is 19.6 Å². The number of hydrogen-bond acceptors (Lipinski definition) is 4. The van der Waals surface area contributed by atoms with Crippen LogP contribution in [0, 0.1) is 11.3 Å². The summed E-state index contributed by atoms with van der Waals surface area (Å²) >= 11 is 1.45. The molecular weight excluding hydrogens is 320 g/mol. The van der Waals surface area contributed by atoms with Crippen LogP contribution in [-0.2, 0) is 0 Å². The van der Waals surface area contributed by atoms with Gasteiger partial charge in [-0.2, -0.15) is 0 Å². The van der Waals surface area contributed by atoms with E-state index < -0.39 is 17.3 Å². The first-order valence-corrected chi connectivity index (χ1v) is 8.13. The number of thiazole rings is 1. The Labute approximate surface area is 136 Å². The van der Waals surface area contributed by atoms with Crippen molar-refractivity contribution in [1.29, 1.82) is 0 Å². The van der Waals surface area contributed by atoms with Crippen molar-refractivity contribution in [2.24, 2.45) is 11.3 Å². The summed E-state index contributed by atoms with van der Waals surface area (Å²) in [5.74, 6) is -3.88. The van der Waals surface area contributed by atoms with Gasteiger partial charge >= 0.3 is 0 Å². The number of hydrogen-bond donors (Lipinski definition) is 2. The summed E-state index contributed by atoms with van der Waals surface area (Å²) in [5.41, 5.74) is 0.104. The van der Waals surface area contributed by atoms with E-state index in [0.29, 0.717) is 5.56 Å². The Kier molecular flexibility index (Phi) is 3.83. The Bertz CT molecular complexity index is 702. The van der Waals surface area contributed by atoms with Crippen molar-refractivity contribution in [1.82, 2.24) is 10.3 Å². The standard InChI is InChI=1S/C16H17F2N3OS/c1-15(2)12(16(15,17)18)9-20-13(22)10-4-3-5-11(8-10)21-14-19-6-7-23-14/h3-8,12H,9H2,1-2H3,(H,19,21)(H,20,22). The zero-order valence-corrected chi connectivity index (χ0v) is 13.6. The summed E-state index contributed by atoms with van der Waals surface area (Å²) in [4.78, 5) is 16.3. The second-order valence-electron chi connectivity index (χ2n) is 6.15. The molecule has 0 saturated heterocycles. The number of rotatable bonds is 5. The van der Waals surface area contributed by atoms with E-state index in [0.717, 1.165) is 10.8 Å². The summed E-state index contributed by atoms with van der Waals surface area (Å²) in [5, 5.41) is 8.26. The molecule has 1 saturated carbocycles. The van der Waals surface area contributed by atoms with Crippen molar-refractivity contribution in [2.45, 2.75) is 19.8 Å². The zero-order valence-electron chi connectivity index (χ0n) is 12.8. The van der Waals surface area contributed by atoms with Crippen LogP contribution in [0.25, 0.3) is 0 Å². The Balaban J connectivity index is 1.62. The van der Waals surface area contributed by atoms with Gasteiger partial charge in [0.15, 0.2) is 5.13 Å². The molecule has 122 valence electrons. The van der Waals surface area contributed by atoms with Crippen LogP contribution in [0.15, 0.2) is 35.8 Å². The highest BCUT2D eigenvalue weighted by molar-refractivity contribution is 7.13. The van der Waals surface area contributed by atoms with E-state index in [1.54, 1.807) is 24.4 Å². The van der Waals surface area contributed by atoms with Crippen LogP contribution in [-0.4, -0.2) is 23.4 Å². The summed E-state index contributed by atoms with van der Waals surface area (Å²) in [6.45, 7) is 3.01. The molecule has 1 heterocycles. The number of amides is 1. The van der Waals surface area contributed by atoms with Gasteiger partial charge in [0.2, 0.25) is 0 Å². The predicted molar refractivity (Wildman–Crippen MR) is 86.4 cm³/mol. The van der Waals surface area contributed by atoms with Gasteiger partial charge in [0.1, 0.15) is 0 Å². The maximum atomic E-state index is 13.5. The van der Waals surface area contributed by atoms with Gasteiger partial charge in [-0.25, -0.2) is 13.8 Å². The third-order valence-electron chi connectivity index (χ3n) is 4.36. The molecule has 2 N–H and O–H groups in total. The first-order valence-electron chi connectivity index (χ1n) is 7.25. The molecule has 0 radical (unpaired) electrons. The van der Waals surface area contributed by atoms with Gasteiger partial charge in [-0.1, -0.05) is 19.9 Å². The van der Waals surface area contributed by atoms with Crippen LogP contribution < -0.4 is 10.6 Å². The Morgan fingerprint density at radius 1 is 1.39 bits per heavy atom. The lowest BCUT2D eigenvalue weighted by atomic mass is 10.1. The molecule has 7 heteroatoms. The van der Waals surface area contributed by atoms with E-state index in [4.69, 9.17) is 0 Å². The number of alkyl halides is 2. The molecule has 1 amide bonds. The summed E-state index contributed by atoms with van der Waals surface area (Å²) < 4.78 is 27.1. The van der Waals surface area contributed by atoms with Crippen molar-refractivity contribution < 1.29 is 13.6 Å². The van der Waals surface area contributed by atoms with Gasteiger partial charge in [-0.15, -0.1) is 11.3 Å². The molecule has 0 aliphatic heterocycles. The molecule has 1 aromatic heterocycles. The first kappa shape index (κ1) is 15.9. The second-order valence-corrected chi connectivity index (χ2v) is 7.04. The van der Waals surface area contributed by atoms with Gasteiger partial charge in [0, 0.05) is 34.8 Å². The number of anilines is 2. The van der Waals surface area contributed by atoms with Crippen molar-refractivity contribution >= 4 is 28.1 Å². The number of nitrogens with zero attached hydrogens (tertiary/aromatic N) is 1. The quantitative estimate of drug-likeness (QED) is 0.870. The topological polar surface area (TPSA) is 54.0 Å². The number of carbonyl (C=O) groups excluding carboxylic acids is 1. The lowest BCUT2D eigenvalue weighted by Gasteiger charge is -2.07. The highest BCUT2D eigenvalue weighted by Crippen LogP contribution is 2.65. The number of nitrogens with one attached hydrogen (secondary N) is 2. The number of carbonyl (C=O) groups is 1. The molecular formula is C16H17F2N3OS. The van der Waals surface area contributed by atoms with Gasteiger partial charge in [-0.05, 0) is 18.2 Å². The average Bonchev–Trinajstić information content (AvgIpc) is 2.89. The number of benzene rings is 1. The molecule has 23 heavy (non-hydrogen) atoms. The molecule has 1 fully saturated rings. The van der Waals surface area contributed by atoms with E-state index in [1.165, 1.54) is 25.2 Å². The highest BCUT2D eigenvalue weighted by Gasteiger charge is 2.74. The highest BCUT2D eigenvalue weighted by atomic mass is 32.1. The maximum absolute atomic E-state index is 13.5.